The van der Waals surface area contributed by atoms with E-state index in [0.717, 1.165) is 12.0 Å². The number of nitrogens with one attached hydrogen (secondary N) is 3. The molecule has 7 nitrogen and oxygen atoms in total. The van der Waals surface area contributed by atoms with Crippen LogP contribution in [-0.2, 0) is 17.6 Å². The molecule has 0 saturated carbocycles. The van der Waals surface area contributed by atoms with E-state index in [9.17, 15) is 14.4 Å². The lowest BCUT2D eigenvalue weighted by Crippen LogP contribution is -2.27. The first-order valence-electron chi connectivity index (χ1n) is 10.6. The Morgan fingerprint density at radius 2 is 1.62 bits per heavy atom. The number of thiazole rings is 1. The Balaban J connectivity index is 1.31. The molecule has 0 saturated heterocycles. The van der Waals surface area contributed by atoms with Crippen molar-refractivity contribution in [1.82, 2.24) is 10.3 Å². The zero-order valence-electron chi connectivity index (χ0n) is 18.1. The van der Waals surface area contributed by atoms with E-state index in [2.05, 4.69) is 20.9 Å². The molecular formula is C25H22N4O3S2. The number of thiophene rings is 1. The predicted octanol–water partition coefficient (Wildman–Crippen LogP) is 4.61. The van der Waals surface area contributed by atoms with Crippen molar-refractivity contribution < 1.29 is 14.4 Å². The quantitative estimate of drug-likeness (QED) is 0.319. The molecule has 172 valence electrons. The van der Waals surface area contributed by atoms with Gasteiger partial charge >= 0.3 is 0 Å². The Hall–Kier alpha value is -3.82. The largest absolute Gasteiger partial charge is 0.352 e. The van der Waals surface area contributed by atoms with Crippen LogP contribution in [-0.4, -0.2) is 29.3 Å². The molecule has 2 aromatic heterocycles. The van der Waals surface area contributed by atoms with Gasteiger partial charge in [0.25, 0.3) is 11.8 Å². The number of carbonyl (C=O) groups is 3. The Kier molecular flexibility index (Phi) is 7.79. The van der Waals surface area contributed by atoms with Gasteiger partial charge in [0.15, 0.2) is 5.13 Å². The highest BCUT2D eigenvalue weighted by atomic mass is 32.1. The summed E-state index contributed by atoms with van der Waals surface area (Å²) in [5, 5.41) is 12.4. The molecule has 0 unspecified atom stereocenters. The fourth-order valence-corrected chi connectivity index (χ4v) is 4.55. The number of para-hydroxylation sites is 1. The van der Waals surface area contributed by atoms with E-state index in [4.69, 9.17) is 0 Å². The molecule has 0 atom stereocenters. The average Bonchev–Trinajstić information content (AvgIpc) is 3.53. The third kappa shape index (κ3) is 6.37. The Labute approximate surface area is 204 Å². The van der Waals surface area contributed by atoms with Crippen molar-refractivity contribution in [3.63, 3.8) is 0 Å². The maximum absolute atomic E-state index is 12.7. The van der Waals surface area contributed by atoms with Crippen LogP contribution in [0.2, 0.25) is 0 Å². The normalized spacial score (nSPS) is 10.5. The third-order valence-corrected chi connectivity index (χ3v) is 6.52. The number of amides is 3. The van der Waals surface area contributed by atoms with Crippen molar-refractivity contribution in [2.24, 2.45) is 0 Å². The van der Waals surface area contributed by atoms with E-state index in [0.29, 0.717) is 33.5 Å². The van der Waals surface area contributed by atoms with Crippen LogP contribution in [0.4, 0.5) is 10.8 Å². The first-order valence-corrected chi connectivity index (χ1v) is 12.3. The Bertz CT molecular complexity index is 1270. The van der Waals surface area contributed by atoms with Gasteiger partial charge in [-0.1, -0.05) is 48.5 Å². The number of rotatable bonds is 9. The topological polar surface area (TPSA) is 100 Å². The fraction of sp³-hybridized carbons (Fsp3) is 0.120. The second-order valence-corrected chi connectivity index (χ2v) is 9.14. The monoisotopic (exact) mass is 490 g/mol. The maximum atomic E-state index is 12.7. The van der Waals surface area contributed by atoms with Crippen LogP contribution in [0, 0.1) is 0 Å². The molecule has 4 aromatic rings. The molecule has 0 aliphatic rings. The van der Waals surface area contributed by atoms with E-state index in [1.807, 2.05) is 35.7 Å². The lowest BCUT2D eigenvalue weighted by atomic mass is 10.1. The molecule has 0 radical (unpaired) electrons. The van der Waals surface area contributed by atoms with Gasteiger partial charge in [0.1, 0.15) is 0 Å². The lowest BCUT2D eigenvalue weighted by Gasteiger charge is -2.11. The molecule has 34 heavy (non-hydrogen) atoms. The summed E-state index contributed by atoms with van der Waals surface area (Å²) in [6.45, 7) is 0.490. The van der Waals surface area contributed by atoms with Crippen LogP contribution in [0.1, 0.15) is 31.3 Å². The first-order chi connectivity index (χ1) is 16.6. The van der Waals surface area contributed by atoms with E-state index >= 15 is 0 Å². The van der Waals surface area contributed by atoms with Crippen LogP contribution >= 0.6 is 22.7 Å². The molecule has 0 aliphatic heterocycles. The molecule has 9 heteroatoms. The van der Waals surface area contributed by atoms with Crippen molar-refractivity contribution in [3.8, 4) is 0 Å². The van der Waals surface area contributed by atoms with Gasteiger partial charge in [-0.3, -0.25) is 19.7 Å². The van der Waals surface area contributed by atoms with Crippen molar-refractivity contribution in [2.75, 3.05) is 17.2 Å². The number of carbonyl (C=O) groups excluding carboxylic acids is 3. The minimum atomic E-state index is -0.300. The van der Waals surface area contributed by atoms with Gasteiger partial charge in [0, 0.05) is 11.9 Å². The van der Waals surface area contributed by atoms with Gasteiger partial charge in [0.2, 0.25) is 5.91 Å². The standard InChI is InChI=1S/C25H22N4O3S2/c30-22(15-18-16-34-25(27-18)29-24(32)21-11-6-14-33-21)28-20-10-5-4-9-19(20)23(31)26-13-12-17-7-2-1-3-8-17/h1-11,14,16H,12-13,15H2,(H,26,31)(H,28,30)(H,27,29,32). The number of benzene rings is 2. The minimum Gasteiger partial charge on any atom is -0.352 e. The Morgan fingerprint density at radius 3 is 2.41 bits per heavy atom. The number of nitrogens with zero attached hydrogens (tertiary/aromatic N) is 1. The summed E-state index contributed by atoms with van der Waals surface area (Å²) in [5.74, 6) is -0.780. The molecule has 0 fully saturated rings. The number of aromatic nitrogens is 1. The average molecular weight is 491 g/mol. The van der Waals surface area contributed by atoms with Crippen LogP contribution in [0.5, 0.6) is 0 Å². The molecule has 0 bridgehead atoms. The third-order valence-electron chi connectivity index (χ3n) is 4.85. The van der Waals surface area contributed by atoms with Gasteiger partial charge in [-0.05, 0) is 35.6 Å². The summed E-state index contributed by atoms with van der Waals surface area (Å²) in [6, 6.07) is 20.3. The summed E-state index contributed by atoms with van der Waals surface area (Å²) in [7, 11) is 0. The predicted molar refractivity (Wildman–Crippen MR) is 136 cm³/mol. The van der Waals surface area contributed by atoms with Crippen LogP contribution < -0.4 is 16.0 Å². The first kappa shape index (κ1) is 23.3. The molecule has 0 aliphatic carbocycles. The van der Waals surface area contributed by atoms with E-state index in [1.165, 1.54) is 22.7 Å². The van der Waals surface area contributed by atoms with E-state index in [-0.39, 0.29) is 24.1 Å². The smallest absolute Gasteiger partial charge is 0.267 e. The zero-order chi connectivity index (χ0) is 23.8. The molecule has 3 amide bonds. The molecular weight excluding hydrogens is 468 g/mol. The van der Waals surface area contributed by atoms with Crippen molar-refractivity contribution >= 4 is 51.2 Å². The molecule has 2 aromatic carbocycles. The molecule has 3 N–H and O–H groups in total. The zero-order valence-corrected chi connectivity index (χ0v) is 19.7. The summed E-state index contributed by atoms with van der Waals surface area (Å²) in [4.78, 5) is 42.4. The summed E-state index contributed by atoms with van der Waals surface area (Å²) in [5.41, 5.74) is 2.50. The number of hydrogen-bond donors (Lipinski definition) is 3. The summed E-state index contributed by atoms with van der Waals surface area (Å²) in [6.07, 6.45) is 0.742. The van der Waals surface area contributed by atoms with Crippen LogP contribution in [0.15, 0.2) is 77.5 Å². The van der Waals surface area contributed by atoms with Gasteiger partial charge in [-0.25, -0.2) is 4.98 Å². The molecule has 2 heterocycles. The minimum absolute atomic E-state index is 0.0231. The van der Waals surface area contributed by atoms with Crippen molar-refractivity contribution in [2.45, 2.75) is 12.8 Å². The summed E-state index contributed by atoms with van der Waals surface area (Å²) >= 11 is 2.60. The maximum Gasteiger partial charge on any atom is 0.267 e. The van der Waals surface area contributed by atoms with Gasteiger partial charge in [0.05, 0.1) is 28.2 Å². The lowest BCUT2D eigenvalue weighted by molar-refractivity contribution is -0.115. The van der Waals surface area contributed by atoms with Gasteiger partial charge in [-0.2, -0.15) is 0 Å². The van der Waals surface area contributed by atoms with E-state index in [1.54, 1.807) is 41.8 Å². The fourth-order valence-electron chi connectivity index (χ4n) is 3.22. The van der Waals surface area contributed by atoms with Crippen molar-refractivity contribution in [1.29, 1.82) is 0 Å². The van der Waals surface area contributed by atoms with Gasteiger partial charge in [-0.15, -0.1) is 22.7 Å². The Morgan fingerprint density at radius 1 is 0.824 bits per heavy atom. The SMILES string of the molecule is O=C(Cc1csc(NC(=O)c2cccs2)n1)Nc1ccccc1C(=O)NCCc1ccccc1. The van der Waals surface area contributed by atoms with Crippen LogP contribution in [0.25, 0.3) is 0 Å². The van der Waals surface area contributed by atoms with Gasteiger partial charge < -0.3 is 10.6 Å². The molecule has 4 rings (SSSR count). The number of anilines is 2. The summed E-state index contributed by atoms with van der Waals surface area (Å²) < 4.78 is 0. The highest BCUT2D eigenvalue weighted by Gasteiger charge is 2.15. The highest BCUT2D eigenvalue weighted by molar-refractivity contribution is 7.14. The second-order valence-electron chi connectivity index (χ2n) is 7.34. The van der Waals surface area contributed by atoms with Crippen LogP contribution in [0.3, 0.4) is 0 Å². The second kappa shape index (κ2) is 11.4. The van der Waals surface area contributed by atoms with Crippen molar-refractivity contribution in [3.05, 3.63) is 99.2 Å². The highest BCUT2D eigenvalue weighted by Crippen LogP contribution is 2.20. The van der Waals surface area contributed by atoms with E-state index < -0.39 is 0 Å². The molecule has 0 spiro atoms. The number of hydrogen-bond acceptors (Lipinski definition) is 6.